The third-order valence-electron chi connectivity index (χ3n) is 2.93. The fourth-order valence-electron chi connectivity index (χ4n) is 1.80. The molecule has 0 bridgehead atoms. The number of ether oxygens (including phenoxy) is 1. The molecule has 2 aromatic rings. The fourth-order valence-corrected chi connectivity index (χ4v) is 2.19. The molecular formula is C15H14ClFN2OS. The van der Waals surface area contributed by atoms with Crippen LogP contribution in [0.4, 0.5) is 15.8 Å². The monoisotopic (exact) mass is 324 g/mol. The molecule has 2 aromatic carbocycles. The zero-order valence-corrected chi connectivity index (χ0v) is 13.1. The van der Waals surface area contributed by atoms with E-state index in [-0.39, 0.29) is 5.82 Å². The van der Waals surface area contributed by atoms with Gasteiger partial charge in [0.25, 0.3) is 0 Å². The molecule has 3 nitrogen and oxygen atoms in total. The van der Waals surface area contributed by atoms with E-state index in [0.717, 1.165) is 0 Å². The van der Waals surface area contributed by atoms with Crippen molar-refractivity contribution in [1.29, 1.82) is 0 Å². The highest BCUT2D eigenvalue weighted by atomic mass is 35.5. The number of halogens is 2. The van der Waals surface area contributed by atoms with E-state index in [1.54, 1.807) is 44.4 Å². The Morgan fingerprint density at radius 1 is 1.19 bits per heavy atom. The quantitative estimate of drug-likeness (QED) is 0.808. The zero-order chi connectivity index (χ0) is 15.4. The highest BCUT2D eigenvalue weighted by Crippen LogP contribution is 2.28. The van der Waals surface area contributed by atoms with Crippen molar-refractivity contribution < 1.29 is 9.13 Å². The number of hydrogen-bond donors (Lipinski definition) is 2. The lowest BCUT2D eigenvalue weighted by Crippen LogP contribution is -2.20. The van der Waals surface area contributed by atoms with Gasteiger partial charge in [-0.25, -0.2) is 4.39 Å². The first kappa shape index (κ1) is 15.5. The van der Waals surface area contributed by atoms with Crippen LogP contribution in [0, 0.1) is 12.7 Å². The summed E-state index contributed by atoms with van der Waals surface area (Å²) in [6.07, 6.45) is 0. The molecule has 6 heteroatoms. The molecule has 21 heavy (non-hydrogen) atoms. The van der Waals surface area contributed by atoms with Crippen molar-refractivity contribution in [3.63, 3.8) is 0 Å². The van der Waals surface area contributed by atoms with Crippen LogP contribution in [0.1, 0.15) is 5.56 Å². The number of hydrogen-bond acceptors (Lipinski definition) is 2. The standard InChI is InChI=1S/C15H14ClFN2OS/c1-9-11(17)4-3-5-12(9)18-15(21)19-13-8-10(16)6-7-14(13)20-2/h3-8H,1-2H3,(H2,18,19,21). The van der Waals surface area contributed by atoms with Crippen LogP contribution in [0.25, 0.3) is 0 Å². The van der Waals surface area contributed by atoms with E-state index in [9.17, 15) is 4.39 Å². The van der Waals surface area contributed by atoms with Crippen molar-refractivity contribution in [2.75, 3.05) is 17.7 Å². The summed E-state index contributed by atoms with van der Waals surface area (Å²) in [7, 11) is 1.56. The van der Waals surface area contributed by atoms with E-state index in [4.69, 9.17) is 28.6 Å². The highest BCUT2D eigenvalue weighted by Gasteiger charge is 2.08. The van der Waals surface area contributed by atoms with Crippen LogP contribution in [-0.4, -0.2) is 12.2 Å². The number of nitrogens with one attached hydrogen (secondary N) is 2. The summed E-state index contributed by atoms with van der Waals surface area (Å²) in [6.45, 7) is 1.68. The second-order valence-corrected chi connectivity index (χ2v) is 5.18. The van der Waals surface area contributed by atoms with E-state index in [2.05, 4.69) is 10.6 Å². The van der Waals surface area contributed by atoms with Crippen molar-refractivity contribution in [3.05, 3.63) is 52.8 Å². The Labute approximate surface area is 133 Å². The number of thiocarbonyl (C=S) groups is 1. The SMILES string of the molecule is COc1ccc(Cl)cc1NC(=S)Nc1cccc(F)c1C. The minimum Gasteiger partial charge on any atom is -0.495 e. The minimum absolute atomic E-state index is 0.289. The summed E-state index contributed by atoms with van der Waals surface area (Å²) in [5, 5.41) is 6.82. The van der Waals surface area contributed by atoms with Gasteiger partial charge in [0.2, 0.25) is 0 Å². The first-order chi connectivity index (χ1) is 10.0. The lowest BCUT2D eigenvalue weighted by molar-refractivity contribution is 0.417. The molecule has 0 radical (unpaired) electrons. The van der Waals surface area contributed by atoms with E-state index in [1.807, 2.05) is 0 Å². The van der Waals surface area contributed by atoms with Gasteiger partial charge >= 0.3 is 0 Å². The summed E-state index contributed by atoms with van der Waals surface area (Å²) < 4.78 is 18.7. The predicted octanol–water partition coefficient (Wildman–Crippen LogP) is 4.61. The largest absolute Gasteiger partial charge is 0.495 e. The Hall–Kier alpha value is -1.85. The third kappa shape index (κ3) is 3.83. The van der Waals surface area contributed by atoms with Gasteiger partial charge in [0, 0.05) is 16.3 Å². The Morgan fingerprint density at radius 3 is 2.62 bits per heavy atom. The summed E-state index contributed by atoms with van der Waals surface area (Å²) in [4.78, 5) is 0. The van der Waals surface area contributed by atoms with Crippen LogP contribution < -0.4 is 15.4 Å². The molecule has 0 aromatic heterocycles. The van der Waals surface area contributed by atoms with Crippen molar-refractivity contribution in [1.82, 2.24) is 0 Å². The van der Waals surface area contributed by atoms with Crippen LogP contribution >= 0.6 is 23.8 Å². The lowest BCUT2D eigenvalue weighted by atomic mass is 10.2. The average molecular weight is 325 g/mol. The van der Waals surface area contributed by atoms with Gasteiger partial charge in [-0.3, -0.25) is 0 Å². The minimum atomic E-state index is -0.289. The van der Waals surface area contributed by atoms with Crippen LogP contribution in [0.2, 0.25) is 5.02 Å². The molecule has 0 saturated heterocycles. The van der Waals surface area contributed by atoms with Gasteiger partial charge in [0.05, 0.1) is 12.8 Å². The molecule has 0 aliphatic carbocycles. The maximum absolute atomic E-state index is 13.5. The van der Waals surface area contributed by atoms with Gasteiger partial charge in [-0.15, -0.1) is 0 Å². The molecule has 0 atom stereocenters. The van der Waals surface area contributed by atoms with E-state index in [1.165, 1.54) is 6.07 Å². The Bertz CT molecular complexity index is 679. The molecule has 0 amide bonds. The molecule has 0 unspecified atom stereocenters. The maximum Gasteiger partial charge on any atom is 0.175 e. The number of methoxy groups -OCH3 is 1. The third-order valence-corrected chi connectivity index (χ3v) is 3.36. The van der Waals surface area contributed by atoms with Crippen LogP contribution in [0.3, 0.4) is 0 Å². The molecule has 0 heterocycles. The second-order valence-electron chi connectivity index (χ2n) is 4.34. The molecular weight excluding hydrogens is 311 g/mol. The van der Waals surface area contributed by atoms with Crippen molar-refractivity contribution in [2.24, 2.45) is 0 Å². The van der Waals surface area contributed by atoms with Gasteiger partial charge < -0.3 is 15.4 Å². The summed E-state index contributed by atoms with van der Waals surface area (Å²) in [5.41, 5.74) is 1.74. The van der Waals surface area contributed by atoms with Gasteiger partial charge in [-0.1, -0.05) is 17.7 Å². The molecule has 0 aliphatic heterocycles. The summed E-state index contributed by atoms with van der Waals surface area (Å²) >= 11 is 11.2. The lowest BCUT2D eigenvalue weighted by Gasteiger charge is -2.15. The van der Waals surface area contributed by atoms with Gasteiger partial charge in [0.15, 0.2) is 5.11 Å². The number of rotatable bonds is 3. The smallest absolute Gasteiger partial charge is 0.175 e. The van der Waals surface area contributed by atoms with Crippen LogP contribution in [-0.2, 0) is 0 Å². The van der Waals surface area contributed by atoms with Gasteiger partial charge in [0.1, 0.15) is 11.6 Å². The Kier molecular flexibility index (Phi) is 4.98. The van der Waals surface area contributed by atoms with Crippen molar-refractivity contribution in [3.8, 4) is 5.75 Å². The average Bonchev–Trinajstić information content (AvgIpc) is 2.44. The van der Waals surface area contributed by atoms with Crippen molar-refractivity contribution >= 4 is 40.3 Å². The molecule has 0 aliphatic rings. The summed E-state index contributed by atoms with van der Waals surface area (Å²) in [5.74, 6) is 0.322. The normalized spacial score (nSPS) is 10.1. The van der Waals surface area contributed by atoms with Crippen LogP contribution in [0.5, 0.6) is 5.75 Å². The molecule has 2 N–H and O–H groups in total. The topological polar surface area (TPSA) is 33.3 Å². The molecule has 110 valence electrons. The fraction of sp³-hybridized carbons (Fsp3) is 0.133. The molecule has 2 rings (SSSR count). The van der Waals surface area contributed by atoms with E-state index >= 15 is 0 Å². The Balaban J connectivity index is 2.15. The Morgan fingerprint density at radius 2 is 1.90 bits per heavy atom. The first-order valence-corrected chi connectivity index (χ1v) is 6.96. The van der Waals surface area contributed by atoms with E-state index < -0.39 is 0 Å². The maximum atomic E-state index is 13.5. The zero-order valence-electron chi connectivity index (χ0n) is 11.5. The first-order valence-electron chi connectivity index (χ1n) is 6.18. The summed E-state index contributed by atoms with van der Waals surface area (Å²) in [6, 6.07) is 9.93. The molecule has 0 fully saturated rings. The number of anilines is 2. The van der Waals surface area contributed by atoms with Gasteiger partial charge in [-0.05, 0) is 49.5 Å². The van der Waals surface area contributed by atoms with Gasteiger partial charge in [-0.2, -0.15) is 0 Å². The number of benzene rings is 2. The predicted molar refractivity (Wildman–Crippen MR) is 89.0 cm³/mol. The second kappa shape index (κ2) is 6.74. The van der Waals surface area contributed by atoms with Crippen LogP contribution in [0.15, 0.2) is 36.4 Å². The molecule has 0 saturated carbocycles. The molecule has 0 spiro atoms. The van der Waals surface area contributed by atoms with Crippen molar-refractivity contribution in [2.45, 2.75) is 6.92 Å². The van der Waals surface area contributed by atoms with E-state index in [0.29, 0.717) is 32.8 Å². The highest BCUT2D eigenvalue weighted by molar-refractivity contribution is 7.80.